The van der Waals surface area contributed by atoms with Gasteiger partial charge in [0.15, 0.2) is 5.13 Å². The summed E-state index contributed by atoms with van der Waals surface area (Å²) in [5.41, 5.74) is 0.778. The highest BCUT2D eigenvalue weighted by Crippen LogP contribution is 2.32. The maximum Gasteiger partial charge on any atom is 0.573 e. The fourth-order valence-electron chi connectivity index (χ4n) is 2.15. The Kier molecular flexibility index (Phi) is 4.49. The molecule has 0 radical (unpaired) electrons. The second-order valence-corrected chi connectivity index (χ2v) is 5.88. The van der Waals surface area contributed by atoms with E-state index in [1.165, 1.54) is 25.3 Å². The number of anilines is 1. The Hall–Kier alpha value is -2.81. The van der Waals surface area contributed by atoms with Crippen molar-refractivity contribution in [1.29, 1.82) is 0 Å². The molecule has 0 aliphatic carbocycles. The van der Waals surface area contributed by atoms with Crippen LogP contribution in [0.15, 0.2) is 42.5 Å². The van der Waals surface area contributed by atoms with Crippen molar-refractivity contribution in [2.75, 3.05) is 12.4 Å². The van der Waals surface area contributed by atoms with Gasteiger partial charge in [-0.3, -0.25) is 10.1 Å². The van der Waals surface area contributed by atoms with Gasteiger partial charge in [-0.2, -0.15) is 0 Å². The molecule has 3 aromatic rings. The number of rotatable bonds is 4. The first-order valence-corrected chi connectivity index (χ1v) is 7.78. The molecule has 0 aliphatic heterocycles. The number of thiazole rings is 1. The first-order chi connectivity index (χ1) is 11.9. The molecule has 1 N–H and O–H groups in total. The molecule has 0 fully saturated rings. The summed E-state index contributed by atoms with van der Waals surface area (Å²) >= 11 is 1.04. The second kappa shape index (κ2) is 6.60. The van der Waals surface area contributed by atoms with E-state index in [1.807, 2.05) is 0 Å². The molecular formula is C16H11F3N2O3S. The van der Waals surface area contributed by atoms with Gasteiger partial charge in [-0.05, 0) is 24.3 Å². The molecule has 1 heterocycles. The average molecular weight is 368 g/mol. The molecule has 0 aliphatic rings. The zero-order chi connectivity index (χ0) is 18.0. The van der Waals surface area contributed by atoms with E-state index in [0.29, 0.717) is 21.5 Å². The lowest BCUT2D eigenvalue weighted by Gasteiger charge is -2.07. The third-order valence-corrected chi connectivity index (χ3v) is 4.10. The van der Waals surface area contributed by atoms with Gasteiger partial charge in [-0.25, -0.2) is 4.98 Å². The number of alkyl halides is 3. The third-order valence-electron chi connectivity index (χ3n) is 3.17. The highest BCUT2D eigenvalue weighted by molar-refractivity contribution is 7.22. The summed E-state index contributed by atoms with van der Waals surface area (Å²) in [6.45, 7) is 0. The van der Waals surface area contributed by atoms with Crippen LogP contribution in [0.4, 0.5) is 18.3 Å². The lowest BCUT2D eigenvalue weighted by atomic mass is 10.2. The average Bonchev–Trinajstić information content (AvgIpc) is 2.94. The zero-order valence-corrected chi connectivity index (χ0v) is 13.6. The van der Waals surface area contributed by atoms with E-state index in [9.17, 15) is 18.0 Å². The number of methoxy groups -OCH3 is 1. The minimum atomic E-state index is -4.76. The molecule has 130 valence electrons. The van der Waals surface area contributed by atoms with Gasteiger partial charge in [0.25, 0.3) is 5.91 Å². The summed E-state index contributed by atoms with van der Waals surface area (Å²) in [6, 6.07) is 10.4. The Labute approximate surface area is 144 Å². The predicted molar refractivity (Wildman–Crippen MR) is 87.3 cm³/mol. The molecule has 0 saturated carbocycles. The largest absolute Gasteiger partial charge is 0.573 e. The molecule has 9 heteroatoms. The van der Waals surface area contributed by atoms with Crippen molar-refractivity contribution in [2.45, 2.75) is 6.36 Å². The molecule has 5 nitrogen and oxygen atoms in total. The van der Waals surface area contributed by atoms with Crippen LogP contribution < -0.4 is 14.8 Å². The number of hydrogen-bond donors (Lipinski definition) is 1. The maximum atomic E-state index is 12.3. The molecule has 3 rings (SSSR count). The highest BCUT2D eigenvalue weighted by Gasteiger charge is 2.31. The first kappa shape index (κ1) is 17.0. The number of carbonyl (C=O) groups is 1. The maximum absolute atomic E-state index is 12.3. The van der Waals surface area contributed by atoms with Crippen molar-refractivity contribution in [1.82, 2.24) is 4.98 Å². The number of fused-ring (bicyclic) bond motifs is 1. The fraction of sp³-hybridized carbons (Fsp3) is 0.125. The molecule has 2 aromatic carbocycles. The quantitative estimate of drug-likeness (QED) is 0.739. The summed E-state index contributed by atoms with van der Waals surface area (Å²) in [5, 5.41) is 2.87. The molecular weight excluding hydrogens is 357 g/mol. The van der Waals surface area contributed by atoms with E-state index in [2.05, 4.69) is 15.0 Å². The summed E-state index contributed by atoms with van der Waals surface area (Å²) in [6.07, 6.45) is -4.76. The number of hydrogen-bond acceptors (Lipinski definition) is 5. The van der Waals surface area contributed by atoms with Gasteiger partial charge in [0.1, 0.15) is 11.5 Å². The van der Waals surface area contributed by atoms with Crippen LogP contribution >= 0.6 is 11.3 Å². The van der Waals surface area contributed by atoms with Crippen LogP contribution in [0.2, 0.25) is 0 Å². The number of benzene rings is 2. The fourth-order valence-corrected chi connectivity index (χ4v) is 3.04. The molecule has 0 bridgehead atoms. The first-order valence-electron chi connectivity index (χ1n) is 6.96. The van der Waals surface area contributed by atoms with Gasteiger partial charge in [0.2, 0.25) is 0 Å². The minimum Gasteiger partial charge on any atom is -0.496 e. The lowest BCUT2D eigenvalue weighted by molar-refractivity contribution is -0.274. The monoisotopic (exact) mass is 368 g/mol. The SMILES string of the molecule is COc1ccccc1C(=O)Nc1nc2ccc(OC(F)(F)F)cc2s1. The van der Waals surface area contributed by atoms with Gasteiger partial charge < -0.3 is 9.47 Å². The number of nitrogens with one attached hydrogen (secondary N) is 1. The van der Waals surface area contributed by atoms with Crippen LogP contribution in [0, 0.1) is 0 Å². The van der Waals surface area contributed by atoms with Crippen molar-refractivity contribution in [3.63, 3.8) is 0 Å². The summed E-state index contributed by atoms with van der Waals surface area (Å²) in [5.74, 6) is -0.364. The topological polar surface area (TPSA) is 60.5 Å². The Balaban J connectivity index is 1.83. The van der Waals surface area contributed by atoms with Crippen molar-refractivity contribution < 1.29 is 27.4 Å². The van der Waals surface area contributed by atoms with Crippen molar-refractivity contribution in [2.24, 2.45) is 0 Å². The Morgan fingerprint density at radius 3 is 2.68 bits per heavy atom. The summed E-state index contributed by atoms with van der Waals surface area (Å²) < 4.78 is 46.3. The van der Waals surface area contributed by atoms with Gasteiger partial charge in [-0.15, -0.1) is 13.2 Å². The predicted octanol–water partition coefficient (Wildman–Crippen LogP) is 4.46. The Bertz CT molecular complexity index is 924. The number of halogens is 3. The molecule has 0 saturated heterocycles. The Morgan fingerprint density at radius 2 is 1.96 bits per heavy atom. The van der Waals surface area contributed by atoms with E-state index in [4.69, 9.17) is 4.74 Å². The molecule has 0 atom stereocenters. The van der Waals surface area contributed by atoms with Crippen molar-refractivity contribution >= 4 is 32.6 Å². The van der Waals surface area contributed by atoms with E-state index in [1.54, 1.807) is 24.3 Å². The molecule has 0 spiro atoms. The van der Waals surface area contributed by atoms with Gasteiger partial charge in [-0.1, -0.05) is 23.5 Å². The van der Waals surface area contributed by atoms with Gasteiger partial charge in [0, 0.05) is 6.07 Å². The van der Waals surface area contributed by atoms with Crippen molar-refractivity contribution in [3.05, 3.63) is 48.0 Å². The minimum absolute atomic E-state index is 0.259. The van der Waals surface area contributed by atoms with Crippen LogP contribution in [-0.4, -0.2) is 24.4 Å². The highest BCUT2D eigenvalue weighted by atomic mass is 32.1. The van der Waals surface area contributed by atoms with Crippen LogP contribution in [0.3, 0.4) is 0 Å². The molecule has 25 heavy (non-hydrogen) atoms. The second-order valence-electron chi connectivity index (χ2n) is 4.85. The van der Waals surface area contributed by atoms with E-state index >= 15 is 0 Å². The standard InChI is InChI=1S/C16H11F3N2O3S/c1-23-12-5-3-2-4-10(12)14(22)21-15-20-11-7-6-9(8-13(11)25-15)24-16(17,18)19/h2-8H,1H3,(H,20,21,22). The number of nitrogens with zero attached hydrogens (tertiary/aromatic N) is 1. The van der Waals surface area contributed by atoms with E-state index in [0.717, 1.165) is 11.3 Å². The van der Waals surface area contributed by atoms with Crippen LogP contribution in [0.5, 0.6) is 11.5 Å². The van der Waals surface area contributed by atoms with E-state index < -0.39 is 12.3 Å². The summed E-state index contributed by atoms with van der Waals surface area (Å²) in [4.78, 5) is 16.5. The van der Waals surface area contributed by atoms with Gasteiger partial charge in [0.05, 0.1) is 22.9 Å². The van der Waals surface area contributed by atoms with Gasteiger partial charge >= 0.3 is 6.36 Å². The van der Waals surface area contributed by atoms with Crippen molar-refractivity contribution in [3.8, 4) is 11.5 Å². The Morgan fingerprint density at radius 1 is 1.20 bits per heavy atom. The summed E-state index contributed by atoms with van der Waals surface area (Å²) in [7, 11) is 1.45. The number of carbonyl (C=O) groups excluding carboxylic acids is 1. The van der Waals surface area contributed by atoms with Crippen LogP contribution in [0.25, 0.3) is 10.2 Å². The van der Waals surface area contributed by atoms with E-state index in [-0.39, 0.29) is 10.9 Å². The number of amides is 1. The molecule has 0 unspecified atom stereocenters. The molecule has 1 amide bonds. The number of ether oxygens (including phenoxy) is 2. The normalized spacial score (nSPS) is 11.4. The lowest BCUT2D eigenvalue weighted by Crippen LogP contribution is -2.16. The third kappa shape index (κ3) is 4.00. The smallest absolute Gasteiger partial charge is 0.496 e. The van der Waals surface area contributed by atoms with Crippen LogP contribution in [-0.2, 0) is 0 Å². The number of aromatic nitrogens is 1. The molecule has 1 aromatic heterocycles. The number of para-hydroxylation sites is 1. The zero-order valence-electron chi connectivity index (χ0n) is 12.8. The van der Waals surface area contributed by atoms with Crippen LogP contribution in [0.1, 0.15) is 10.4 Å².